The number of nitrogens with zero attached hydrogens (tertiary/aromatic N) is 2. The van der Waals surface area contributed by atoms with E-state index in [9.17, 15) is 4.79 Å². The number of methoxy groups -OCH3 is 1. The molecule has 6 heteroatoms. The molecule has 0 unspecified atom stereocenters. The summed E-state index contributed by atoms with van der Waals surface area (Å²) in [6, 6.07) is 14.5. The number of aromatic nitrogens is 2. The Morgan fingerprint density at radius 2 is 1.91 bits per heavy atom. The Bertz CT molecular complexity index is 956. The van der Waals surface area contributed by atoms with Crippen molar-refractivity contribution in [2.24, 2.45) is 5.10 Å². The van der Waals surface area contributed by atoms with Gasteiger partial charge in [-0.15, -0.1) is 0 Å². The number of ether oxygens (including phenoxy) is 1. The smallest absolute Gasteiger partial charge is 0.282 e. The largest absolute Gasteiger partial charge is 0.497 e. The van der Waals surface area contributed by atoms with Crippen LogP contribution in [0, 0.1) is 4.77 Å². The maximum atomic E-state index is 12.4. The van der Waals surface area contributed by atoms with Gasteiger partial charge in [0, 0.05) is 0 Å². The Morgan fingerprint density at radius 1 is 1.18 bits per heavy atom. The Kier molecular flexibility index (Phi) is 3.84. The average Bonchev–Trinajstić information content (AvgIpc) is 2.55. The molecule has 0 saturated carbocycles. The third kappa shape index (κ3) is 2.68. The summed E-state index contributed by atoms with van der Waals surface area (Å²) in [5.41, 5.74) is 1.30. The number of hydrogen-bond acceptors (Lipinski definition) is 4. The van der Waals surface area contributed by atoms with Gasteiger partial charge < -0.3 is 9.72 Å². The molecule has 1 N–H and O–H groups in total. The number of aromatic amines is 1. The number of benzene rings is 2. The van der Waals surface area contributed by atoms with Crippen LogP contribution < -0.4 is 10.3 Å². The summed E-state index contributed by atoms with van der Waals surface area (Å²) in [6.45, 7) is 0. The van der Waals surface area contributed by atoms with Gasteiger partial charge in [-0.3, -0.25) is 4.79 Å². The summed E-state index contributed by atoms with van der Waals surface area (Å²) in [5.74, 6) is 0.761. The highest BCUT2D eigenvalue weighted by Gasteiger charge is 2.03. The standard InChI is InChI=1S/C16H13N3O2S/c1-21-12-8-6-11(7-9-12)10-17-19-15(20)13-4-2-3-5-14(13)18-16(19)22/h2-10H,1H3,(H,18,22). The fourth-order valence-electron chi connectivity index (χ4n) is 2.07. The van der Waals surface area contributed by atoms with Crippen LogP contribution in [0.3, 0.4) is 0 Å². The Morgan fingerprint density at radius 3 is 2.64 bits per heavy atom. The minimum absolute atomic E-state index is 0.246. The van der Waals surface area contributed by atoms with Crippen LogP contribution in [0.1, 0.15) is 5.56 Å². The van der Waals surface area contributed by atoms with Gasteiger partial charge in [0.25, 0.3) is 5.56 Å². The summed E-state index contributed by atoms with van der Waals surface area (Å²) >= 11 is 5.20. The summed E-state index contributed by atoms with van der Waals surface area (Å²) in [4.78, 5) is 15.4. The minimum Gasteiger partial charge on any atom is -0.497 e. The molecule has 0 aliphatic rings. The van der Waals surface area contributed by atoms with E-state index in [1.807, 2.05) is 36.4 Å². The first kappa shape index (κ1) is 14.2. The van der Waals surface area contributed by atoms with Gasteiger partial charge in [0.15, 0.2) is 0 Å². The lowest BCUT2D eigenvalue weighted by Crippen LogP contribution is -2.18. The zero-order valence-electron chi connectivity index (χ0n) is 11.8. The maximum Gasteiger partial charge on any atom is 0.282 e. The van der Waals surface area contributed by atoms with E-state index in [1.165, 1.54) is 4.68 Å². The van der Waals surface area contributed by atoms with Crippen LogP contribution in [-0.2, 0) is 0 Å². The van der Waals surface area contributed by atoms with Crippen molar-refractivity contribution >= 4 is 29.3 Å². The van der Waals surface area contributed by atoms with Crippen LogP contribution in [0.5, 0.6) is 5.75 Å². The van der Waals surface area contributed by atoms with Gasteiger partial charge in [0.05, 0.1) is 24.2 Å². The van der Waals surface area contributed by atoms with Gasteiger partial charge in [-0.1, -0.05) is 12.1 Å². The van der Waals surface area contributed by atoms with E-state index < -0.39 is 0 Å². The topological polar surface area (TPSA) is 59.4 Å². The maximum absolute atomic E-state index is 12.4. The molecule has 0 saturated heterocycles. The molecule has 0 radical (unpaired) electrons. The van der Waals surface area contributed by atoms with Gasteiger partial charge in [-0.2, -0.15) is 9.78 Å². The van der Waals surface area contributed by atoms with Crippen molar-refractivity contribution in [3.8, 4) is 5.75 Å². The van der Waals surface area contributed by atoms with Crippen LogP contribution in [0.15, 0.2) is 58.4 Å². The van der Waals surface area contributed by atoms with Crippen LogP contribution >= 0.6 is 12.2 Å². The number of nitrogens with one attached hydrogen (secondary N) is 1. The first-order valence-corrected chi connectivity index (χ1v) is 7.02. The fraction of sp³-hybridized carbons (Fsp3) is 0.0625. The summed E-state index contributed by atoms with van der Waals surface area (Å²) in [7, 11) is 1.61. The van der Waals surface area contributed by atoms with Crippen molar-refractivity contribution < 1.29 is 4.74 Å². The van der Waals surface area contributed by atoms with Gasteiger partial charge in [0.1, 0.15) is 5.75 Å². The zero-order chi connectivity index (χ0) is 15.5. The van der Waals surface area contributed by atoms with E-state index in [0.29, 0.717) is 10.9 Å². The molecular weight excluding hydrogens is 298 g/mol. The van der Waals surface area contributed by atoms with E-state index in [-0.39, 0.29) is 10.3 Å². The third-order valence-electron chi connectivity index (χ3n) is 3.22. The molecule has 22 heavy (non-hydrogen) atoms. The van der Waals surface area contributed by atoms with E-state index in [1.54, 1.807) is 25.5 Å². The fourth-order valence-corrected chi connectivity index (χ4v) is 2.31. The van der Waals surface area contributed by atoms with E-state index >= 15 is 0 Å². The van der Waals surface area contributed by atoms with E-state index in [0.717, 1.165) is 11.3 Å². The number of rotatable bonds is 3. The van der Waals surface area contributed by atoms with Crippen LogP contribution in [-0.4, -0.2) is 23.0 Å². The molecule has 0 aliphatic heterocycles. The predicted octanol–water partition coefficient (Wildman–Crippen LogP) is 2.95. The molecule has 0 fully saturated rings. The van der Waals surface area contributed by atoms with Crippen LogP contribution in [0.4, 0.5) is 0 Å². The monoisotopic (exact) mass is 311 g/mol. The van der Waals surface area contributed by atoms with Gasteiger partial charge >= 0.3 is 0 Å². The number of hydrogen-bond donors (Lipinski definition) is 1. The highest BCUT2D eigenvalue weighted by Crippen LogP contribution is 2.10. The molecule has 1 aromatic heterocycles. The second-order valence-corrected chi connectivity index (χ2v) is 5.00. The third-order valence-corrected chi connectivity index (χ3v) is 3.50. The molecule has 3 aromatic rings. The molecule has 5 nitrogen and oxygen atoms in total. The van der Waals surface area contributed by atoms with Crippen molar-refractivity contribution in [3.05, 3.63) is 69.2 Å². The number of para-hydroxylation sites is 1. The number of fused-ring (bicyclic) bond motifs is 1. The van der Waals surface area contributed by atoms with Crippen molar-refractivity contribution in [1.82, 2.24) is 9.66 Å². The minimum atomic E-state index is -0.246. The molecule has 3 rings (SSSR count). The Labute approximate surface area is 131 Å². The van der Waals surface area contributed by atoms with Crippen LogP contribution in [0.25, 0.3) is 10.9 Å². The summed E-state index contributed by atoms with van der Waals surface area (Å²) < 4.78 is 6.54. The molecule has 2 aromatic carbocycles. The quantitative estimate of drug-likeness (QED) is 0.597. The van der Waals surface area contributed by atoms with Crippen molar-refractivity contribution in [2.45, 2.75) is 0 Å². The molecule has 0 bridgehead atoms. The molecule has 0 spiro atoms. The van der Waals surface area contributed by atoms with Crippen molar-refractivity contribution in [1.29, 1.82) is 0 Å². The molecular formula is C16H13N3O2S. The highest BCUT2D eigenvalue weighted by atomic mass is 32.1. The van der Waals surface area contributed by atoms with Gasteiger partial charge in [-0.05, 0) is 54.2 Å². The van der Waals surface area contributed by atoms with E-state index in [2.05, 4.69) is 10.1 Å². The van der Waals surface area contributed by atoms with Gasteiger partial charge in [-0.25, -0.2) is 0 Å². The molecule has 0 aliphatic carbocycles. The lowest BCUT2D eigenvalue weighted by atomic mass is 10.2. The SMILES string of the molecule is COc1ccc(C=Nn2c(=S)[nH]c3ccccc3c2=O)cc1. The first-order valence-electron chi connectivity index (χ1n) is 6.61. The lowest BCUT2D eigenvalue weighted by molar-refractivity contribution is 0.415. The second-order valence-electron chi connectivity index (χ2n) is 4.61. The Balaban J connectivity index is 2.04. The van der Waals surface area contributed by atoms with Crippen LogP contribution in [0.2, 0.25) is 0 Å². The lowest BCUT2D eigenvalue weighted by Gasteiger charge is -2.02. The normalized spacial score (nSPS) is 11.1. The first-order chi connectivity index (χ1) is 10.7. The summed E-state index contributed by atoms with van der Waals surface area (Å²) in [5, 5.41) is 4.73. The zero-order valence-corrected chi connectivity index (χ0v) is 12.6. The second kappa shape index (κ2) is 5.95. The Hall–Kier alpha value is -2.73. The predicted molar refractivity (Wildman–Crippen MR) is 89.4 cm³/mol. The highest BCUT2D eigenvalue weighted by molar-refractivity contribution is 7.71. The molecule has 0 amide bonds. The number of H-pyrrole nitrogens is 1. The van der Waals surface area contributed by atoms with E-state index in [4.69, 9.17) is 17.0 Å². The van der Waals surface area contributed by atoms with Crippen molar-refractivity contribution in [3.63, 3.8) is 0 Å². The molecule has 1 heterocycles. The van der Waals surface area contributed by atoms with Crippen molar-refractivity contribution in [2.75, 3.05) is 7.11 Å². The molecule has 0 atom stereocenters. The van der Waals surface area contributed by atoms with Gasteiger partial charge in [0.2, 0.25) is 4.77 Å². The molecule has 110 valence electrons. The average molecular weight is 311 g/mol. The summed E-state index contributed by atoms with van der Waals surface area (Å²) in [6.07, 6.45) is 1.58.